The van der Waals surface area contributed by atoms with Crippen molar-refractivity contribution in [2.45, 2.75) is 190 Å². The quantitative estimate of drug-likeness (QED) is 0.173. The first-order chi connectivity index (χ1) is 26.1. The fourth-order valence-electron chi connectivity index (χ4n) is 13.6. The van der Waals surface area contributed by atoms with Gasteiger partial charge in [-0.1, -0.05) is 27.7 Å². The molecule has 15 unspecified atom stereocenters. The summed E-state index contributed by atoms with van der Waals surface area (Å²) >= 11 is 0. The number of aliphatic hydroxyl groups is 8. The van der Waals surface area contributed by atoms with Crippen molar-refractivity contribution in [3.8, 4) is 0 Å². The zero-order chi connectivity index (χ0) is 40.7. The molecule has 8 rings (SSSR count). The maximum absolute atomic E-state index is 13.9. The third kappa shape index (κ3) is 6.07. The van der Waals surface area contributed by atoms with Gasteiger partial charge < -0.3 is 69.3 Å². The van der Waals surface area contributed by atoms with E-state index < -0.39 is 108 Å². The van der Waals surface area contributed by atoms with Crippen molar-refractivity contribution in [1.82, 2.24) is 0 Å². The van der Waals surface area contributed by atoms with Crippen LogP contribution < -0.4 is 0 Å². The Bertz CT molecular complexity index is 1490. The van der Waals surface area contributed by atoms with E-state index in [0.717, 1.165) is 0 Å². The number of ketones is 1. The summed E-state index contributed by atoms with van der Waals surface area (Å²) in [4.78, 5) is 13.9. The van der Waals surface area contributed by atoms with E-state index >= 15 is 0 Å². The maximum Gasteiger partial charge on any atom is 0.187 e. The lowest BCUT2D eigenvalue weighted by molar-refractivity contribution is -0.392. The van der Waals surface area contributed by atoms with Gasteiger partial charge in [-0.2, -0.15) is 0 Å². The van der Waals surface area contributed by atoms with Gasteiger partial charge in [0.15, 0.2) is 12.6 Å². The molecule has 4 heterocycles. The summed E-state index contributed by atoms with van der Waals surface area (Å²) in [5, 5.41) is 88.5. The van der Waals surface area contributed by atoms with Crippen LogP contribution in [0.3, 0.4) is 0 Å². The first kappa shape index (κ1) is 41.8. The molecule has 4 aliphatic carbocycles. The van der Waals surface area contributed by atoms with E-state index in [1.54, 1.807) is 13.8 Å². The summed E-state index contributed by atoms with van der Waals surface area (Å²) in [6.45, 7) is 13.0. The van der Waals surface area contributed by atoms with Crippen molar-refractivity contribution in [2.75, 3.05) is 13.2 Å². The normalized spacial score (nSPS) is 57.0. The minimum Gasteiger partial charge on any atom is -0.394 e. The molecule has 4 saturated carbocycles. The van der Waals surface area contributed by atoms with Crippen LogP contribution in [0.4, 0.5) is 0 Å². The molecule has 0 radical (unpaired) electrons. The van der Waals surface area contributed by atoms with E-state index in [-0.39, 0.29) is 54.0 Å². The second-order valence-corrected chi connectivity index (χ2v) is 20.4. The van der Waals surface area contributed by atoms with Crippen LogP contribution in [0.5, 0.6) is 0 Å². The van der Waals surface area contributed by atoms with Crippen LogP contribution in [-0.4, -0.2) is 156 Å². The van der Waals surface area contributed by atoms with Gasteiger partial charge in [0.1, 0.15) is 54.6 Å². The molecule has 22 atom stereocenters. The molecule has 1 spiro atoms. The van der Waals surface area contributed by atoms with Gasteiger partial charge in [-0.25, -0.2) is 0 Å². The molecular weight excluding hydrogens is 732 g/mol. The summed E-state index contributed by atoms with van der Waals surface area (Å²) in [5.74, 6) is -0.891. The standard InChI is InChI=1S/C41H66O15/c1-17-12-24(44)37(2,3)28-21-14-39(6)19(26(17)28)13-20(43)27-18(40(7)10-9-25(56-40)38(4,5)50)8-11-41(27,39)51-16-23-30(46)32(48)34(36(52-21)54-23)55-35-33(49)31(47)29(45)22(15-42)53-35/h17-23,25-36,42-43,45-50H,8-16H2,1-7H3/t17-,18?,19?,20-,21+,22?,23?,25-,26?,27?,28?,29?,30?,31?,32?,33?,34?,35?,36?,39-,40+,41+/m1/s1. The molecule has 8 N–H and O–H groups in total. The van der Waals surface area contributed by atoms with E-state index in [4.69, 9.17) is 28.4 Å². The summed E-state index contributed by atoms with van der Waals surface area (Å²) in [5.41, 5.74) is -4.04. The third-order valence-electron chi connectivity index (χ3n) is 16.6. The van der Waals surface area contributed by atoms with Crippen LogP contribution in [0, 0.1) is 46.3 Å². The molecule has 8 aliphatic rings. The van der Waals surface area contributed by atoms with Crippen molar-refractivity contribution in [2.24, 2.45) is 46.3 Å². The predicted octanol–water partition coefficient (Wildman–Crippen LogP) is 0.166. The Labute approximate surface area is 328 Å². The average Bonchev–Trinajstić information content (AvgIpc) is 3.74. The number of hydrogen-bond acceptors (Lipinski definition) is 15. The molecule has 4 saturated heterocycles. The zero-order valence-electron chi connectivity index (χ0n) is 33.8. The molecule has 15 heteroatoms. The number of ether oxygens (including phenoxy) is 6. The lowest BCUT2D eigenvalue weighted by Crippen LogP contribution is -2.73. The maximum atomic E-state index is 13.9. The van der Waals surface area contributed by atoms with Crippen molar-refractivity contribution in [1.29, 1.82) is 0 Å². The van der Waals surface area contributed by atoms with Gasteiger partial charge >= 0.3 is 0 Å². The molecule has 320 valence electrons. The Morgan fingerprint density at radius 1 is 0.839 bits per heavy atom. The highest BCUT2D eigenvalue weighted by Crippen LogP contribution is 2.72. The Morgan fingerprint density at radius 2 is 1.54 bits per heavy atom. The average molecular weight is 799 g/mol. The molecule has 8 fully saturated rings. The smallest absolute Gasteiger partial charge is 0.187 e. The second-order valence-electron chi connectivity index (χ2n) is 20.4. The third-order valence-corrected chi connectivity index (χ3v) is 16.6. The number of hydrogen-bond donors (Lipinski definition) is 8. The topological polar surface area (TPSA) is 234 Å². The van der Waals surface area contributed by atoms with Gasteiger partial charge in [-0.15, -0.1) is 0 Å². The lowest BCUT2D eigenvalue weighted by Gasteiger charge is -2.69. The van der Waals surface area contributed by atoms with Crippen LogP contribution in [0.25, 0.3) is 0 Å². The van der Waals surface area contributed by atoms with Crippen molar-refractivity contribution < 1.29 is 74.1 Å². The first-order valence-corrected chi connectivity index (χ1v) is 21.0. The summed E-state index contributed by atoms with van der Waals surface area (Å²) < 4.78 is 39.3. The molecule has 0 aromatic carbocycles. The fourth-order valence-corrected chi connectivity index (χ4v) is 13.6. The Kier molecular flexibility index (Phi) is 10.5. The minimum absolute atomic E-state index is 0.0472. The van der Waals surface area contributed by atoms with Crippen LogP contribution in [-0.2, 0) is 33.2 Å². The number of rotatable bonds is 5. The first-order valence-electron chi connectivity index (χ1n) is 21.0. The molecule has 0 amide bonds. The largest absolute Gasteiger partial charge is 0.394 e. The van der Waals surface area contributed by atoms with Gasteiger partial charge in [0.2, 0.25) is 0 Å². The second kappa shape index (κ2) is 14.1. The van der Waals surface area contributed by atoms with E-state index in [9.17, 15) is 45.6 Å². The van der Waals surface area contributed by atoms with Crippen LogP contribution in [0.15, 0.2) is 0 Å². The molecule has 0 aromatic heterocycles. The monoisotopic (exact) mass is 798 g/mol. The van der Waals surface area contributed by atoms with E-state index in [0.29, 0.717) is 44.9 Å². The van der Waals surface area contributed by atoms with E-state index in [1.165, 1.54) is 0 Å². The summed E-state index contributed by atoms with van der Waals surface area (Å²) in [7, 11) is 0. The summed E-state index contributed by atoms with van der Waals surface area (Å²) in [6.07, 6.45) is -13.0. The van der Waals surface area contributed by atoms with E-state index in [1.807, 2.05) is 13.8 Å². The number of aliphatic hydroxyl groups excluding tert-OH is 7. The molecule has 0 aromatic rings. The number of carbonyl (C=O) groups excluding carboxylic acids is 1. The fraction of sp³-hybridized carbons (Fsp3) is 0.976. The Balaban J connectivity index is 1.20. The van der Waals surface area contributed by atoms with Crippen molar-refractivity contribution >= 4 is 5.78 Å². The molecule has 4 aliphatic heterocycles. The SMILES string of the molecule is C[C@@H]1CC(=O)C(C)(C)C2C1C1C[C@@H](O)C3C([C@]4(C)CC[C@H](C(C)(C)O)O4)CC[C@]34OCC3OC(O[C@H]2C[C@]14C)C(OC1OC(CO)C(O)C(O)C1O)C(O)C3O. The predicted molar refractivity (Wildman–Crippen MR) is 194 cm³/mol. The molecule has 56 heavy (non-hydrogen) atoms. The highest BCUT2D eigenvalue weighted by molar-refractivity contribution is 5.85. The van der Waals surface area contributed by atoms with Crippen molar-refractivity contribution in [3.05, 3.63) is 0 Å². The summed E-state index contributed by atoms with van der Waals surface area (Å²) in [6, 6.07) is 0. The highest BCUT2D eigenvalue weighted by atomic mass is 16.8. The van der Waals surface area contributed by atoms with Crippen LogP contribution in [0.1, 0.15) is 93.4 Å². The van der Waals surface area contributed by atoms with Gasteiger partial charge in [0.25, 0.3) is 0 Å². The van der Waals surface area contributed by atoms with Crippen LogP contribution >= 0.6 is 0 Å². The highest BCUT2D eigenvalue weighted by Gasteiger charge is 2.75. The number of carbonyl (C=O) groups is 1. The lowest BCUT2D eigenvalue weighted by atomic mass is 9.39. The van der Waals surface area contributed by atoms with Crippen LogP contribution in [0.2, 0.25) is 0 Å². The molecular formula is C41H66O15. The Morgan fingerprint density at radius 3 is 2.20 bits per heavy atom. The Hall–Kier alpha value is -0.890. The van der Waals surface area contributed by atoms with E-state index in [2.05, 4.69) is 20.8 Å². The van der Waals surface area contributed by atoms with Gasteiger partial charge in [-0.3, -0.25) is 4.79 Å². The minimum atomic E-state index is -1.78. The van der Waals surface area contributed by atoms with Crippen molar-refractivity contribution in [3.63, 3.8) is 0 Å². The van der Waals surface area contributed by atoms with Gasteiger partial charge in [0, 0.05) is 29.1 Å². The van der Waals surface area contributed by atoms with Gasteiger partial charge in [-0.05, 0) is 83.0 Å². The molecule has 15 nitrogen and oxygen atoms in total. The number of Topliss-reactive ketones (excluding diaryl/α,β-unsaturated/α-hetero) is 1. The van der Waals surface area contributed by atoms with Gasteiger partial charge in [0.05, 0.1) is 48.3 Å². The molecule has 4 bridgehead atoms. The number of fused-ring (bicyclic) bond motifs is 6. The zero-order valence-corrected chi connectivity index (χ0v) is 33.8.